The number of ether oxygens (including phenoxy) is 1. The van der Waals surface area contributed by atoms with Crippen molar-refractivity contribution in [3.05, 3.63) is 72.8 Å². The van der Waals surface area contributed by atoms with Gasteiger partial charge in [0.2, 0.25) is 21.8 Å². The fourth-order valence-corrected chi connectivity index (χ4v) is 9.19. The number of rotatable bonds is 15. The van der Waals surface area contributed by atoms with E-state index in [-0.39, 0.29) is 31.4 Å². The van der Waals surface area contributed by atoms with E-state index in [1.807, 2.05) is 82.3 Å². The van der Waals surface area contributed by atoms with Crippen molar-refractivity contribution in [3.63, 3.8) is 0 Å². The monoisotopic (exact) mass is 789 g/mol. The summed E-state index contributed by atoms with van der Waals surface area (Å²) in [5.41, 5.74) is 1.27. The molecule has 0 unspecified atom stereocenters. The summed E-state index contributed by atoms with van der Waals surface area (Å²) < 4.78 is 33.5. The molecule has 1 aliphatic heterocycles. The van der Waals surface area contributed by atoms with E-state index in [4.69, 9.17) is 9.57 Å². The van der Waals surface area contributed by atoms with Gasteiger partial charge in [-0.3, -0.25) is 19.1 Å². The summed E-state index contributed by atoms with van der Waals surface area (Å²) in [4.78, 5) is 63.4. The predicted octanol–water partition coefficient (Wildman–Crippen LogP) is 5.60. The molecular weight excluding hydrogens is 735 g/mol. The molecule has 13 nitrogen and oxygen atoms in total. The molecule has 302 valence electrons. The van der Waals surface area contributed by atoms with Crippen molar-refractivity contribution in [2.24, 2.45) is 16.5 Å². The summed E-state index contributed by atoms with van der Waals surface area (Å²) in [6, 6.07) is 15.6. The summed E-state index contributed by atoms with van der Waals surface area (Å²) in [5, 5.41) is 9.62. The maximum Gasteiger partial charge on any atom is 0.408 e. The number of nitrogens with zero attached hydrogens (tertiary/aromatic N) is 2. The second-order valence-corrected chi connectivity index (χ2v) is 18.6. The fourth-order valence-electron chi connectivity index (χ4n) is 7.82. The third kappa shape index (κ3) is 9.28. The zero-order chi connectivity index (χ0) is 40.3. The molecule has 0 spiro atoms. The Morgan fingerprint density at radius 1 is 1.00 bits per heavy atom. The van der Waals surface area contributed by atoms with Crippen molar-refractivity contribution < 1.29 is 37.2 Å². The van der Waals surface area contributed by atoms with Gasteiger partial charge in [0.1, 0.15) is 29.8 Å². The molecule has 2 aromatic rings. The lowest BCUT2D eigenvalue weighted by atomic mass is 9.85. The summed E-state index contributed by atoms with van der Waals surface area (Å²) >= 11 is 0. The standard InChI is InChI=1S/C42H55N5O8S/c1-6-15-28-25-42(28,39(50)46-56(52,53)31-22-23-31)44-37(48)35-24-30(55-45-34(7-2)33-21-14-13-20-32(33)27-16-9-8-10-17-27)26-47(35)38(49)36(41(3,4)5)43-40(51)54-29-18-11-12-19-29/h6,8-10,13-14,16-17,20-21,28-31,35-36H,1,7,11-12,15,18-19,22-26H2,2-5H3,(H,43,51)(H,44,48)(H,46,50)/b45-34+/t28-,30-,35+,36-,42-/m1/s1. The molecule has 4 amide bonds. The van der Waals surface area contributed by atoms with Crippen LogP contribution >= 0.6 is 0 Å². The van der Waals surface area contributed by atoms with E-state index in [2.05, 4.69) is 27.1 Å². The van der Waals surface area contributed by atoms with E-state index in [9.17, 15) is 27.6 Å². The number of hydrogen-bond donors (Lipinski definition) is 3. The maximum atomic E-state index is 14.6. The third-order valence-corrected chi connectivity index (χ3v) is 13.1. The summed E-state index contributed by atoms with van der Waals surface area (Å²) in [6.45, 7) is 11.2. The van der Waals surface area contributed by atoms with E-state index >= 15 is 0 Å². The molecule has 3 aliphatic carbocycles. The number of carbonyl (C=O) groups excluding carboxylic acids is 4. The molecule has 14 heteroatoms. The average Bonchev–Trinajstić information content (AvgIpc) is 4.03. The number of carbonyl (C=O) groups is 4. The molecule has 2 aromatic carbocycles. The van der Waals surface area contributed by atoms with Crippen molar-refractivity contribution in [2.45, 2.75) is 127 Å². The zero-order valence-electron chi connectivity index (χ0n) is 32.8. The Kier molecular flexibility index (Phi) is 12.3. The lowest BCUT2D eigenvalue weighted by Crippen LogP contribution is -2.60. The first-order chi connectivity index (χ1) is 26.7. The van der Waals surface area contributed by atoms with Crippen LogP contribution in [0.2, 0.25) is 0 Å². The van der Waals surface area contributed by atoms with Gasteiger partial charge in [0, 0.05) is 12.0 Å². The highest BCUT2D eigenvalue weighted by Crippen LogP contribution is 2.47. The van der Waals surface area contributed by atoms with Crippen LogP contribution in [-0.4, -0.2) is 84.5 Å². The molecule has 5 atom stereocenters. The van der Waals surface area contributed by atoms with Gasteiger partial charge >= 0.3 is 6.09 Å². The number of oxime groups is 1. The summed E-state index contributed by atoms with van der Waals surface area (Å²) in [7, 11) is -3.89. The minimum Gasteiger partial charge on any atom is -0.446 e. The van der Waals surface area contributed by atoms with Crippen LogP contribution in [-0.2, 0) is 34.0 Å². The van der Waals surface area contributed by atoms with Gasteiger partial charge in [0.25, 0.3) is 5.91 Å². The number of hydrogen-bond acceptors (Lipinski definition) is 9. The highest BCUT2D eigenvalue weighted by atomic mass is 32.2. The molecule has 0 radical (unpaired) electrons. The zero-order valence-corrected chi connectivity index (χ0v) is 33.6. The fraction of sp³-hybridized carbons (Fsp3) is 0.548. The molecule has 1 saturated heterocycles. The molecular formula is C42H55N5O8S. The van der Waals surface area contributed by atoms with E-state index in [0.29, 0.717) is 31.4 Å². The Morgan fingerprint density at radius 2 is 1.68 bits per heavy atom. The van der Waals surface area contributed by atoms with E-state index in [1.54, 1.807) is 6.08 Å². The Hall–Kier alpha value is -4.72. The molecule has 3 saturated carbocycles. The van der Waals surface area contributed by atoms with Crippen molar-refractivity contribution in [3.8, 4) is 11.1 Å². The topological polar surface area (TPSA) is 173 Å². The molecule has 6 rings (SSSR count). The van der Waals surface area contributed by atoms with Crippen LogP contribution in [0.3, 0.4) is 0 Å². The van der Waals surface area contributed by atoms with Crippen LogP contribution in [0.5, 0.6) is 0 Å². The van der Waals surface area contributed by atoms with Gasteiger partial charge in [-0.25, -0.2) is 13.2 Å². The molecule has 3 N–H and O–H groups in total. The van der Waals surface area contributed by atoms with Crippen LogP contribution in [0.25, 0.3) is 11.1 Å². The van der Waals surface area contributed by atoms with E-state index < -0.39 is 68.2 Å². The molecule has 4 fully saturated rings. The number of allylic oxidation sites excluding steroid dienone is 1. The number of benzene rings is 2. The lowest BCUT2D eigenvalue weighted by molar-refractivity contribution is -0.143. The van der Waals surface area contributed by atoms with Gasteiger partial charge in [-0.2, -0.15) is 0 Å². The Balaban J connectivity index is 1.27. The molecule has 0 bridgehead atoms. The van der Waals surface area contributed by atoms with Gasteiger partial charge in [-0.1, -0.05) is 93.5 Å². The van der Waals surface area contributed by atoms with Gasteiger partial charge in [-0.15, -0.1) is 6.58 Å². The Morgan fingerprint density at radius 3 is 2.32 bits per heavy atom. The molecule has 0 aromatic heterocycles. The van der Waals surface area contributed by atoms with Crippen LogP contribution in [0.1, 0.15) is 97.5 Å². The second-order valence-electron chi connectivity index (χ2n) is 16.6. The van der Waals surface area contributed by atoms with Gasteiger partial charge < -0.3 is 25.1 Å². The third-order valence-electron chi connectivity index (χ3n) is 11.3. The largest absolute Gasteiger partial charge is 0.446 e. The quantitative estimate of drug-likeness (QED) is 0.119. The number of alkyl carbamates (subject to hydrolysis) is 1. The van der Waals surface area contributed by atoms with Crippen LogP contribution < -0.4 is 15.4 Å². The SMILES string of the molecule is C=CC[C@@H]1C[C@]1(NC(=O)[C@@H]1C[C@@H](O/N=C(\CC)c2ccccc2-c2ccccc2)CN1C(=O)[C@@H](NC(=O)OC1CCCC1)C(C)(C)C)C(=O)NS(=O)(=O)C1CC1. The van der Waals surface area contributed by atoms with Crippen molar-refractivity contribution >= 4 is 39.5 Å². The van der Waals surface area contributed by atoms with E-state index in [1.165, 1.54) is 4.90 Å². The second kappa shape index (κ2) is 16.8. The number of nitrogens with one attached hydrogen (secondary N) is 3. The highest BCUT2D eigenvalue weighted by molar-refractivity contribution is 7.91. The van der Waals surface area contributed by atoms with Crippen LogP contribution in [0, 0.1) is 11.3 Å². The van der Waals surface area contributed by atoms with Gasteiger partial charge in [0.05, 0.1) is 17.5 Å². The first kappa shape index (κ1) is 40.9. The Bertz CT molecular complexity index is 1940. The summed E-state index contributed by atoms with van der Waals surface area (Å²) in [5.74, 6) is -2.34. The maximum absolute atomic E-state index is 14.6. The molecule has 4 aliphatic rings. The molecule has 56 heavy (non-hydrogen) atoms. The summed E-state index contributed by atoms with van der Waals surface area (Å²) in [6.07, 6.45) is 5.50. The molecule has 1 heterocycles. The van der Waals surface area contributed by atoms with Crippen molar-refractivity contribution in [1.29, 1.82) is 0 Å². The minimum atomic E-state index is -3.89. The first-order valence-electron chi connectivity index (χ1n) is 19.8. The van der Waals surface area contributed by atoms with Gasteiger partial charge in [0.15, 0.2) is 0 Å². The highest BCUT2D eigenvalue weighted by Gasteiger charge is 2.62. The Labute approximate surface area is 330 Å². The van der Waals surface area contributed by atoms with E-state index in [0.717, 1.165) is 42.4 Å². The van der Waals surface area contributed by atoms with Crippen molar-refractivity contribution in [2.75, 3.05) is 6.54 Å². The number of amides is 4. The smallest absolute Gasteiger partial charge is 0.408 e. The van der Waals surface area contributed by atoms with Gasteiger partial charge in [-0.05, 0) is 80.2 Å². The van der Waals surface area contributed by atoms with Crippen molar-refractivity contribution in [1.82, 2.24) is 20.3 Å². The van der Waals surface area contributed by atoms with Crippen LogP contribution in [0.15, 0.2) is 72.4 Å². The van der Waals surface area contributed by atoms with Crippen LogP contribution in [0.4, 0.5) is 4.79 Å². The number of likely N-dealkylation sites (tertiary alicyclic amines) is 1. The predicted molar refractivity (Wildman–Crippen MR) is 213 cm³/mol. The lowest BCUT2D eigenvalue weighted by Gasteiger charge is -2.35. The normalized spacial score (nSPS) is 24.5. The number of sulfonamides is 1. The average molecular weight is 790 g/mol. The minimum absolute atomic E-state index is 0.0327. The first-order valence-corrected chi connectivity index (χ1v) is 21.4.